The van der Waals surface area contributed by atoms with Crippen molar-refractivity contribution in [2.24, 2.45) is 0 Å². The molecule has 1 aromatic heterocycles. The average molecular weight is 233 g/mol. The van der Waals surface area contributed by atoms with Crippen LogP contribution in [0.3, 0.4) is 0 Å². The summed E-state index contributed by atoms with van der Waals surface area (Å²) < 4.78 is 10.5. The minimum atomic E-state index is -0.0674. The Balaban J connectivity index is 2.92. The first-order valence-electron chi connectivity index (χ1n) is 5.33. The van der Waals surface area contributed by atoms with Crippen molar-refractivity contribution >= 4 is 10.8 Å². The van der Waals surface area contributed by atoms with E-state index in [4.69, 9.17) is 9.47 Å². The number of hydrogen-bond acceptors (Lipinski definition) is 3. The molecule has 0 spiro atoms. The fraction of sp³-hybridized carbons (Fsp3) is 0.308. The van der Waals surface area contributed by atoms with Gasteiger partial charge in [0.1, 0.15) is 0 Å². The van der Waals surface area contributed by atoms with Crippen LogP contribution in [0, 0.1) is 13.8 Å². The molecule has 0 bridgehead atoms. The van der Waals surface area contributed by atoms with Crippen LogP contribution in [0.5, 0.6) is 11.5 Å². The van der Waals surface area contributed by atoms with Gasteiger partial charge in [0.25, 0.3) is 5.56 Å². The number of rotatable bonds is 2. The van der Waals surface area contributed by atoms with E-state index in [1.54, 1.807) is 21.1 Å². The summed E-state index contributed by atoms with van der Waals surface area (Å²) in [5.41, 5.74) is 1.45. The van der Waals surface area contributed by atoms with Gasteiger partial charge in [0.05, 0.1) is 14.2 Å². The van der Waals surface area contributed by atoms with Gasteiger partial charge >= 0.3 is 0 Å². The van der Waals surface area contributed by atoms with Gasteiger partial charge in [-0.15, -0.1) is 0 Å². The summed E-state index contributed by atoms with van der Waals surface area (Å²) in [6.45, 7) is 3.67. The van der Waals surface area contributed by atoms with E-state index < -0.39 is 0 Å². The fourth-order valence-corrected chi connectivity index (χ4v) is 1.95. The highest BCUT2D eigenvalue weighted by atomic mass is 16.5. The molecule has 4 heteroatoms. The second-order valence-corrected chi connectivity index (χ2v) is 3.96. The predicted octanol–water partition coefficient (Wildman–Crippen LogP) is 2.16. The second-order valence-electron chi connectivity index (χ2n) is 3.96. The maximum Gasteiger partial charge on any atom is 0.251 e. The van der Waals surface area contributed by atoms with E-state index in [1.165, 1.54) is 0 Å². The van der Waals surface area contributed by atoms with E-state index in [2.05, 4.69) is 4.98 Å². The summed E-state index contributed by atoms with van der Waals surface area (Å²) >= 11 is 0. The molecule has 1 N–H and O–H groups in total. The molecule has 1 aromatic carbocycles. The van der Waals surface area contributed by atoms with Gasteiger partial charge in [0.2, 0.25) is 0 Å². The molecule has 0 radical (unpaired) electrons. The standard InChI is InChI=1S/C13H15NO3/c1-7-9-5-11(16-3)12(17-4)6-10(9)8(2)14-13(7)15/h5-6H,1-4H3,(H,14,15). The first-order valence-corrected chi connectivity index (χ1v) is 5.33. The molecule has 0 aliphatic carbocycles. The van der Waals surface area contributed by atoms with Gasteiger partial charge in [0.15, 0.2) is 11.5 Å². The van der Waals surface area contributed by atoms with Gasteiger partial charge in [-0.05, 0) is 31.4 Å². The molecule has 0 aliphatic heterocycles. The number of pyridine rings is 1. The number of H-pyrrole nitrogens is 1. The van der Waals surface area contributed by atoms with E-state index in [-0.39, 0.29) is 5.56 Å². The summed E-state index contributed by atoms with van der Waals surface area (Å²) in [4.78, 5) is 14.5. The molecule has 0 saturated heterocycles. The monoisotopic (exact) mass is 233 g/mol. The third-order valence-corrected chi connectivity index (χ3v) is 2.97. The molecule has 17 heavy (non-hydrogen) atoms. The van der Waals surface area contributed by atoms with Gasteiger partial charge in [-0.25, -0.2) is 0 Å². The summed E-state index contributed by atoms with van der Waals surface area (Å²) in [5, 5.41) is 1.86. The van der Waals surface area contributed by atoms with Crippen molar-refractivity contribution in [3.8, 4) is 11.5 Å². The number of fused-ring (bicyclic) bond motifs is 1. The van der Waals surface area contributed by atoms with Crippen LogP contribution in [0.25, 0.3) is 10.8 Å². The van der Waals surface area contributed by atoms with Crippen LogP contribution in [-0.2, 0) is 0 Å². The molecule has 4 nitrogen and oxygen atoms in total. The van der Waals surface area contributed by atoms with Crippen molar-refractivity contribution in [1.82, 2.24) is 4.98 Å². The number of nitrogens with one attached hydrogen (secondary N) is 1. The maximum absolute atomic E-state index is 11.7. The largest absolute Gasteiger partial charge is 0.493 e. The number of methoxy groups -OCH3 is 2. The van der Waals surface area contributed by atoms with Gasteiger partial charge in [-0.3, -0.25) is 4.79 Å². The normalized spacial score (nSPS) is 10.6. The van der Waals surface area contributed by atoms with Crippen LogP contribution in [0.4, 0.5) is 0 Å². The van der Waals surface area contributed by atoms with Gasteiger partial charge < -0.3 is 14.5 Å². The van der Waals surface area contributed by atoms with Gasteiger partial charge in [0, 0.05) is 16.6 Å². The fourth-order valence-electron chi connectivity index (χ4n) is 1.95. The van der Waals surface area contributed by atoms with Gasteiger partial charge in [-0.2, -0.15) is 0 Å². The van der Waals surface area contributed by atoms with Crippen LogP contribution < -0.4 is 15.0 Å². The summed E-state index contributed by atoms with van der Waals surface area (Å²) in [5.74, 6) is 1.29. The highest BCUT2D eigenvalue weighted by molar-refractivity contribution is 5.90. The topological polar surface area (TPSA) is 51.3 Å². The van der Waals surface area contributed by atoms with Crippen molar-refractivity contribution in [3.63, 3.8) is 0 Å². The molecule has 90 valence electrons. The Morgan fingerprint density at radius 3 is 2.06 bits per heavy atom. The summed E-state index contributed by atoms with van der Waals surface area (Å²) in [6.07, 6.45) is 0. The number of benzene rings is 1. The lowest BCUT2D eigenvalue weighted by Crippen LogP contribution is -2.11. The molecule has 0 amide bonds. The van der Waals surface area contributed by atoms with E-state index in [9.17, 15) is 4.79 Å². The number of aromatic amines is 1. The minimum absolute atomic E-state index is 0.0674. The molecule has 2 rings (SSSR count). The summed E-state index contributed by atoms with van der Waals surface area (Å²) in [6, 6.07) is 3.72. The number of aromatic nitrogens is 1. The molecule has 1 heterocycles. The van der Waals surface area contributed by atoms with Crippen LogP contribution in [0.2, 0.25) is 0 Å². The molecule has 0 aliphatic rings. The Morgan fingerprint density at radius 1 is 1.00 bits per heavy atom. The molecule has 0 atom stereocenters. The average Bonchev–Trinajstić information content (AvgIpc) is 2.34. The minimum Gasteiger partial charge on any atom is -0.493 e. The van der Waals surface area contributed by atoms with E-state index in [0.717, 1.165) is 16.5 Å². The molecular weight excluding hydrogens is 218 g/mol. The molecular formula is C13H15NO3. The van der Waals surface area contributed by atoms with E-state index in [0.29, 0.717) is 17.1 Å². The quantitative estimate of drug-likeness (QED) is 0.864. The summed E-state index contributed by atoms with van der Waals surface area (Å²) in [7, 11) is 3.18. The lowest BCUT2D eigenvalue weighted by Gasteiger charge is -2.11. The number of ether oxygens (including phenoxy) is 2. The Labute approximate surface area is 99.2 Å². The van der Waals surface area contributed by atoms with Crippen LogP contribution in [-0.4, -0.2) is 19.2 Å². The molecule has 2 aromatic rings. The van der Waals surface area contributed by atoms with Crippen molar-refractivity contribution in [2.75, 3.05) is 14.2 Å². The molecule has 0 unspecified atom stereocenters. The zero-order valence-corrected chi connectivity index (χ0v) is 10.4. The van der Waals surface area contributed by atoms with Crippen LogP contribution >= 0.6 is 0 Å². The lowest BCUT2D eigenvalue weighted by molar-refractivity contribution is 0.356. The highest BCUT2D eigenvalue weighted by Gasteiger charge is 2.11. The SMILES string of the molecule is COc1cc2c(C)[nH]c(=O)c(C)c2cc1OC. The molecule has 0 saturated carbocycles. The smallest absolute Gasteiger partial charge is 0.251 e. The third kappa shape index (κ3) is 1.75. The molecule has 0 fully saturated rings. The lowest BCUT2D eigenvalue weighted by atomic mass is 10.1. The predicted molar refractivity (Wildman–Crippen MR) is 67.1 cm³/mol. The Morgan fingerprint density at radius 2 is 1.53 bits per heavy atom. The van der Waals surface area contributed by atoms with Crippen molar-refractivity contribution in [1.29, 1.82) is 0 Å². The Bertz CT molecular complexity index is 629. The first-order chi connectivity index (χ1) is 8.08. The first kappa shape index (κ1) is 11.5. The zero-order chi connectivity index (χ0) is 12.6. The van der Waals surface area contributed by atoms with E-state index in [1.807, 2.05) is 19.1 Å². The van der Waals surface area contributed by atoms with Crippen molar-refractivity contribution < 1.29 is 9.47 Å². The number of aryl methyl sites for hydroxylation is 2. The van der Waals surface area contributed by atoms with Crippen LogP contribution in [0.15, 0.2) is 16.9 Å². The second kappa shape index (κ2) is 4.13. The van der Waals surface area contributed by atoms with Gasteiger partial charge in [-0.1, -0.05) is 0 Å². The Hall–Kier alpha value is -1.97. The highest BCUT2D eigenvalue weighted by Crippen LogP contribution is 2.33. The number of hydrogen-bond donors (Lipinski definition) is 1. The maximum atomic E-state index is 11.7. The van der Waals surface area contributed by atoms with Crippen LogP contribution in [0.1, 0.15) is 11.3 Å². The Kier molecular flexibility index (Phi) is 2.79. The zero-order valence-electron chi connectivity index (χ0n) is 10.4. The van der Waals surface area contributed by atoms with Crippen molar-refractivity contribution in [2.45, 2.75) is 13.8 Å². The van der Waals surface area contributed by atoms with E-state index >= 15 is 0 Å². The van der Waals surface area contributed by atoms with Crippen molar-refractivity contribution in [3.05, 3.63) is 33.7 Å². The third-order valence-electron chi connectivity index (χ3n) is 2.97.